The lowest BCUT2D eigenvalue weighted by Gasteiger charge is -2.05. The van der Waals surface area contributed by atoms with Crippen LogP contribution in [-0.4, -0.2) is 31.5 Å². The van der Waals surface area contributed by atoms with Crippen molar-refractivity contribution in [2.75, 3.05) is 11.8 Å². The Morgan fingerprint density at radius 3 is 2.71 bits per heavy atom. The van der Waals surface area contributed by atoms with Crippen molar-refractivity contribution in [1.82, 2.24) is 9.97 Å². The number of ether oxygens (including phenoxy) is 1. The highest BCUT2D eigenvalue weighted by Gasteiger charge is 2.20. The summed E-state index contributed by atoms with van der Waals surface area (Å²) in [7, 11) is -2.82. The first-order valence-corrected chi connectivity index (χ1v) is 7.79. The van der Waals surface area contributed by atoms with Gasteiger partial charge in [-0.05, 0) is 34.1 Å². The normalized spacial score (nSPS) is 11.1. The van der Waals surface area contributed by atoms with Gasteiger partial charge in [0.2, 0.25) is 0 Å². The van der Waals surface area contributed by atoms with E-state index in [0.29, 0.717) is 4.60 Å². The standard InChI is InChI=1S/C11H10BrN3O5S/c1-20-11(17)8-4-6(5-13-8)21(18,19)15-7-2-3-9(12)14-10(7)16/h2-5,13,15H,1H3,(H,14,16). The second-order valence-corrected chi connectivity index (χ2v) is 6.43. The van der Waals surface area contributed by atoms with Crippen LogP contribution < -0.4 is 10.3 Å². The first kappa shape index (κ1) is 15.3. The molecule has 2 heterocycles. The fourth-order valence-electron chi connectivity index (χ4n) is 1.49. The molecule has 10 heteroatoms. The maximum Gasteiger partial charge on any atom is 0.354 e. The number of sulfonamides is 1. The zero-order valence-electron chi connectivity index (χ0n) is 10.6. The van der Waals surface area contributed by atoms with E-state index in [1.807, 2.05) is 0 Å². The van der Waals surface area contributed by atoms with Crippen LogP contribution in [-0.2, 0) is 14.8 Å². The van der Waals surface area contributed by atoms with Gasteiger partial charge in [-0.3, -0.25) is 9.52 Å². The maximum atomic E-state index is 12.1. The third kappa shape index (κ3) is 3.34. The summed E-state index contributed by atoms with van der Waals surface area (Å²) in [5.74, 6) is -0.696. The van der Waals surface area contributed by atoms with E-state index in [0.717, 1.165) is 12.3 Å². The lowest BCUT2D eigenvalue weighted by Crippen LogP contribution is -2.19. The first-order valence-electron chi connectivity index (χ1n) is 5.52. The summed E-state index contributed by atoms with van der Waals surface area (Å²) < 4.78 is 31.3. The minimum Gasteiger partial charge on any atom is -0.464 e. The van der Waals surface area contributed by atoms with Gasteiger partial charge < -0.3 is 14.7 Å². The molecule has 112 valence electrons. The molecule has 0 radical (unpaired) electrons. The highest BCUT2D eigenvalue weighted by Crippen LogP contribution is 2.15. The SMILES string of the molecule is COC(=O)c1cc(S(=O)(=O)Nc2ccc(Br)[nH]c2=O)c[nH]1. The highest BCUT2D eigenvalue weighted by atomic mass is 79.9. The molecular formula is C11H10BrN3O5S. The van der Waals surface area contributed by atoms with Crippen LogP contribution in [0.1, 0.15) is 10.5 Å². The Balaban J connectivity index is 2.32. The van der Waals surface area contributed by atoms with Crippen LogP contribution in [0, 0.1) is 0 Å². The molecule has 0 amide bonds. The number of nitrogens with one attached hydrogen (secondary N) is 3. The third-order valence-corrected chi connectivity index (χ3v) is 4.30. The minimum atomic E-state index is -3.99. The predicted octanol–water partition coefficient (Wildman–Crippen LogP) is 1.05. The van der Waals surface area contributed by atoms with Gasteiger partial charge in [-0.15, -0.1) is 0 Å². The Morgan fingerprint density at radius 2 is 2.10 bits per heavy atom. The zero-order chi connectivity index (χ0) is 15.6. The number of pyridine rings is 1. The molecule has 0 aromatic carbocycles. The summed E-state index contributed by atoms with van der Waals surface area (Å²) >= 11 is 3.06. The number of halogens is 1. The molecule has 0 spiro atoms. The van der Waals surface area contributed by atoms with Crippen molar-refractivity contribution in [2.45, 2.75) is 4.90 Å². The fraction of sp³-hybridized carbons (Fsp3) is 0.0909. The molecular weight excluding hydrogens is 366 g/mol. The summed E-state index contributed by atoms with van der Waals surface area (Å²) in [6.07, 6.45) is 1.13. The number of esters is 1. The molecule has 0 atom stereocenters. The number of hydrogen-bond acceptors (Lipinski definition) is 5. The fourth-order valence-corrected chi connectivity index (χ4v) is 2.86. The molecule has 2 aromatic rings. The Labute approximate surface area is 127 Å². The van der Waals surface area contributed by atoms with Gasteiger partial charge in [-0.25, -0.2) is 13.2 Å². The molecule has 8 nitrogen and oxygen atoms in total. The maximum absolute atomic E-state index is 12.1. The molecule has 0 saturated carbocycles. The molecule has 2 rings (SSSR count). The second-order valence-electron chi connectivity index (χ2n) is 3.90. The van der Waals surface area contributed by atoms with E-state index in [1.54, 1.807) is 0 Å². The summed E-state index contributed by atoms with van der Waals surface area (Å²) in [6.45, 7) is 0. The molecule has 0 bridgehead atoms. The van der Waals surface area contributed by atoms with Crippen LogP contribution >= 0.6 is 15.9 Å². The number of aromatic nitrogens is 2. The Kier molecular flexibility index (Phi) is 4.19. The topological polar surface area (TPSA) is 121 Å². The molecule has 0 aliphatic heterocycles. The Bertz CT molecular complexity index is 840. The smallest absolute Gasteiger partial charge is 0.354 e. The quantitative estimate of drug-likeness (QED) is 0.544. The number of H-pyrrole nitrogens is 2. The van der Waals surface area contributed by atoms with Crippen molar-refractivity contribution >= 4 is 37.6 Å². The van der Waals surface area contributed by atoms with Gasteiger partial charge in [0.1, 0.15) is 16.3 Å². The number of anilines is 1. The number of carbonyl (C=O) groups excluding carboxylic acids is 1. The third-order valence-electron chi connectivity index (χ3n) is 2.49. The number of carbonyl (C=O) groups is 1. The number of hydrogen-bond donors (Lipinski definition) is 3. The van der Waals surface area contributed by atoms with Crippen molar-refractivity contribution in [3.63, 3.8) is 0 Å². The summed E-state index contributed by atoms with van der Waals surface area (Å²) in [5, 5.41) is 0. The predicted molar refractivity (Wildman–Crippen MR) is 77.7 cm³/mol. The number of methoxy groups -OCH3 is 1. The molecule has 2 aromatic heterocycles. The second kappa shape index (κ2) is 5.74. The lowest BCUT2D eigenvalue weighted by molar-refractivity contribution is 0.0595. The van der Waals surface area contributed by atoms with E-state index in [1.165, 1.54) is 19.2 Å². The van der Waals surface area contributed by atoms with Gasteiger partial charge in [0.15, 0.2) is 0 Å². The number of rotatable bonds is 4. The molecule has 0 saturated heterocycles. The van der Waals surface area contributed by atoms with Crippen molar-refractivity contribution < 1.29 is 17.9 Å². The van der Waals surface area contributed by atoms with Gasteiger partial charge in [-0.2, -0.15) is 0 Å². The molecule has 0 fully saturated rings. The van der Waals surface area contributed by atoms with E-state index in [9.17, 15) is 18.0 Å². The van der Waals surface area contributed by atoms with E-state index >= 15 is 0 Å². The van der Waals surface area contributed by atoms with E-state index in [2.05, 4.69) is 35.4 Å². The van der Waals surface area contributed by atoms with Crippen LogP contribution in [0.5, 0.6) is 0 Å². The first-order chi connectivity index (χ1) is 9.83. The molecule has 3 N–H and O–H groups in total. The van der Waals surface area contributed by atoms with Crippen molar-refractivity contribution in [3.05, 3.63) is 45.0 Å². The Hall–Kier alpha value is -2.07. The van der Waals surface area contributed by atoms with Crippen LogP contribution in [0.25, 0.3) is 0 Å². The Morgan fingerprint density at radius 1 is 1.38 bits per heavy atom. The van der Waals surface area contributed by atoms with Gasteiger partial charge in [0.25, 0.3) is 15.6 Å². The average Bonchev–Trinajstić information content (AvgIpc) is 2.91. The molecule has 0 aliphatic carbocycles. The van der Waals surface area contributed by atoms with Crippen molar-refractivity contribution in [2.24, 2.45) is 0 Å². The van der Waals surface area contributed by atoms with Gasteiger partial charge >= 0.3 is 5.97 Å². The van der Waals surface area contributed by atoms with Crippen molar-refractivity contribution in [3.8, 4) is 0 Å². The zero-order valence-corrected chi connectivity index (χ0v) is 13.0. The summed E-state index contributed by atoms with van der Waals surface area (Å²) in [4.78, 5) is 27.6. The van der Waals surface area contributed by atoms with E-state index in [-0.39, 0.29) is 16.3 Å². The summed E-state index contributed by atoms with van der Waals surface area (Å²) in [6, 6.07) is 3.91. The van der Waals surface area contributed by atoms with Crippen LogP contribution in [0.15, 0.2) is 38.7 Å². The summed E-state index contributed by atoms with van der Waals surface area (Å²) in [5.41, 5.74) is -0.752. The van der Waals surface area contributed by atoms with Crippen LogP contribution in [0.4, 0.5) is 5.69 Å². The molecule has 0 aliphatic rings. The van der Waals surface area contributed by atoms with E-state index < -0.39 is 21.6 Å². The number of aromatic amines is 2. The van der Waals surface area contributed by atoms with Gasteiger partial charge in [-0.1, -0.05) is 0 Å². The lowest BCUT2D eigenvalue weighted by atomic mass is 10.4. The molecule has 21 heavy (non-hydrogen) atoms. The van der Waals surface area contributed by atoms with Crippen LogP contribution in [0.2, 0.25) is 0 Å². The highest BCUT2D eigenvalue weighted by molar-refractivity contribution is 9.10. The van der Waals surface area contributed by atoms with Gasteiger partial charge in [0, 0.05) is 6.20 Å². The van der Waals surface area contributed by atoms with Crippen LogP contribution in [0.3, 0.4) is 0 Å². The minimum absolute atomic E-state index is 0.0115. The largest absolute Gasteiger partial charge is 0.464 e. The van der Waals surface area contributed by atoms with Crippen molar-refractivity contribution in [1.29, 1.82) is 0 Å². The van der Waals surface area contributed by atoms with Gasteiger partial charge in [0.05, 0.1) is 11.7 Å². The van der Waals surface area contributed by atoms with E-state index in [4.69, 9.17) is 0 Å². The average molecular weight is 376 g/mol. The molecule has 0 unspecified atom stereocenters. The monoisotopic (exact) mass is 375 g/mol.